The normalized spacial score (nSPS) is 7.04. The van der Waals surface area contributed by atoms with Crippen molar-refractivity contribution in [3.05, 3.63) is 74.6 Å². The summed E-state index contributed by atoms with van der Waals surface area (Å²) in [5.74, 6) is 0.0405. The third-order valence-electron chi connectivity index (χ3n) is 1.97. The predicted octanol–water partition coefficient (Wildman–Crippen LogP) is 1.86. The number of amides is 1. The zero-order chi connectivity index (χ0) is 19.3. The molecule has 0 saturated carbocycles. The van der Waals surface area contributed by atoms with Gasteiger partial charge in [-0.15, -0.1) is 0 Å². The molecule has 7 heteroatoms. The van der Waals surface area contributed by atoms with Gasteiger partial charge >= 0.3 is 146 Å². The summed E-state index contributed by atoms with van der Waals surface area (Å²) < 4.78 is 31.0. The van der Waals surface area contributed by atoms with Crippen LogP contribution in [0.4, 0.5) is 0 Å². The number of benzene rings is 1. The van der Waals surface area contributed by atoms with Gasteiger partial charge in [0.1, 0.15) is 0 Å². The summed E-state index contributed by atoms with van der Waals surface area (Å²) in [6.07, 6.45) is 3.90. The fraction of sp³-hybridized carbons (Fsp3) is 0.125. The van der Waals surface area contributed by atoms with E-state index in [1.165, 1.54) is 19.4 Å². The molecule has 1 amide bonds. The molecule has 0 heterocycles. The Bertz CT molecular complexity index is 520. The first-order valence-corrected chi connectivity index (χ1v) is 6.95. The summed E-state index contributed by atoms with van der Waals surface area (Å²) in [7, 11) is 1.80. The van der Waals surface area contributed by atoms with E-state index in [0.29, 0.717) is 0 Å². The molecule has 6 nitrogen and oxygen atoms in total. The van der Waals surface area contributed by atoms with Gasteiger partial charge in [0.2, 0.25) is 0 Å². The molecule has 0 saturated heterocycles. The van der Waals surface area contributed by atoms with Crippen LogP contribution in [-0.2, 0) is 38.0 Å². The van der Waals surface area contributed by atoms with Gasteiger partial charge in [-0.25, -0.2) is 0 Å². The molecule has 0 bridgehead atoms. The van der Waals surface area contributed by atoms with Crippen LogP contribution in [0.5, 0.6) is 0 Å². The Morgan fingerprint density at radius 3 is 1.74 bits per heavy atom. The van der Waals surface area contributed by atoms with Crippen molar-refractivity contribution < 1.29 is 42.8 Å². The van der Waals surface area contributed by atoms with Crippen molar-refractivity contribution >= 4 is 9.93 Å². The van der Waals surface area contributed by atoms with Gasteiger partial charge in [0.15, 0.2) is 0 Å². The summed E-state index contributed by atoms with van der Waals surface area (Å²) in [5, 5.41) is 0. The minimum atomic E-state index is 0.0405. The Morgan fingerprint density at radius 2 is 1.39 bits per heavy atom. The van der Waals surface area contributed by atoms with Crippen molar-refractivity contribution in [1.29, 1.82) is 0 Å². The first-order valence-electron chi connectivity index (χ1n) is 5.48. The molecular weight excluding hydrogens is 470 g/mol. The van der Waals surface area contributed by atoms with E-state index in [0.717, 1.165) is 9.59 Å². The number of allylic oxidation sites excluding steroid dienone is 1. The van der Waals surface area contributed by atoms with Crippen LogP contribution in [0.2, 0.25) is 0 Å². The SMILES string of the molecule is C/C=C/[C](=[W])N(C)C(=O)c1ccccc1.[C-]#[O+].[C-]#[O+].[C-]#[O+].[C-]#[O+]. The van der Waals surface area contributed by atoms with E-state index < -0.39 is 0 Å². The summed E-state index contributed by atoms with van der Waals surface area (Å²) in [4.78, 5) is 13.6. The van der Waals surface area contributed by atoms with Gasteiger partial charge in [0.05, 0.1) is 0 Å². The van der Waals surface area contributed by atoms with Gasteiger partial charge in [-0.05, 0) is 0 Å². The van der Waals surface area contributed by atoms with E-state index in [2.05, 4.69) is 26.6 Å². The zero-order valence-electron chi connectivity index (χ0n) is 12.4. The maximum absolute atomic E-state index is 11.9. The second kappa shape index (κ2) is 24.9. The van der Waals surface area contributed by atoms with Gasteiger partial charge in [0, 0.05) is 0 Å². The van der Waals surface area contributed by atoms with Gasteiger partial charge < -0.3 is 0 Å². The molecule has 0 aromatic heterocycles. The monoisotopic (exact) mass is 483 g/mol. The first kappa shape index (κ1) is 29.0. The number of hydrogen-bond donors (Lipinski definition) is 0. The molecule has 0 aliphatic rings. The van der Waals surface area contributed by atoms with Crippen molar-refractivity contribution in [2.45, 2.75) is 6.92 Å². The van der Waals surface area contributed by atoms with E-state index in [9.17, 15) is 4.79 Å². The van der Waals surface area contributed by atoms with Crippen molar-refractivity contribution in [3.8, 4) is 0 Å². The van der Waals surface area contributed by atoms with Gasteiger partial charge in [-0.1, -0.05) is 0 Å². The number of rotatable bonds is 3. The Hall–Kier alpha value is -2.05. The van der Waals surface area contributed by atoms with E-state index in [1.54, 1.807) is 11.9 Å². The Balaban J connectivity index is -0.000000196. The molecule has 118 valence electrons. The van der Waals surface area contributed by atoms with Crippen LogP contribution in [0.1, 0.15) is 17.3 Å². The fourth-order valence-corrected chi connectivity index (χ4v) is 1.92. The molecule has 0 aliphatic carbocycles. The quantitative estimate of drug-likeness (QED) is 0.476. The molecule has 0 aliphatic heterocycles. The Kier molecular flexibility index (Phi) is 31.5. The van der Waals surface area contributed by atoms with Crippen molar-refractivity contribution in [3.63, 3.8) is 0 Å². The average molecular weight is 483 g/mol. The van der Waals surface area contributed by atoms with Crippen LogP contribution in [-0.4, -0.2) is 21.9 Å². The summed E-state index contributed by atoms with van der Waals surface area (Å²) in [5.41, 5.74) is 0.725. The molecule has 0 N–H and O–H groups in total. The van der Waals surface area contributed by atoms with Crippen LogP contribution in [0.3, 0.4) is 0 Å². The van der Waals surface area contributed by atoms with E-state index in [-0.39, 0.29) is 5.91 Å². The van der Waals surface area contributed by atoms with E-state index in [4.69, 9.17) is 18.6 Å². The second-order valence-corrected chi connectivity index (χ2v) is 4.57. The Morgan fingerprint density at radius 1 is 1.00 bits per heavy atom. The molecule has 1 aromatic rings. The van der Waals surface area contributed by atoms with Crippen LogP contribution in [0.15, 0.2) is 42.5 Å². The molecular formula is C16H13NO5W. The molecule has 23 heavy (non-hydrogen) atoms. The topological polar surface area (TPSA) is 99.9 Å². The Labute approximate surface area is 146 Å². The van der Waals surface area contributed by atoms with Crippen molar-refractivity contribution in [2.24, 2.45) is 0 Å². The summed E-state index contributed by atoms with van der Waals surface area (Å²) in [6.45, 7) is 19.9. The third kappa shape index (κ3) is 14.6. The number of carbonyl (C=O) groups excluding carboxylic acids is 1. The van der Waals surface area contributed by atoms with Crippen LogP contribution >= 0.6 is 0 Å². The summed E-state index contributed by atoms with van der Waals surface area (Å²) >= 11 is 1.29. The number of hydrogen-bond acceptors (Lipinski definition) is 1. The first-order chi connectivity index (χ1) is 11.2. The standard InChI is InChI=1S/C12H13NO.4CO.W/c1-3-4-10-13(2)12(14)11-8-6-5-7-9-11;4*1-2;/h3-9H,1-2H3;;;;;/b4-3+;;;;;. The van der Waals surface area contributed by atoms with Gasteiger partial charge in [-0.2, -0.15) is 0 Å². The molecule has 0 spiro atoms. The van der Waals surface area contributed by atoms with Crippen LogP contribution in [0.25, 0.3) is 0 Å². The van der Waals surface area contributed by atoms with Gasteiger partial charge in [-0.3, -0.25) is 0 Å². The van der Waals surface area contributed by atoms with Crippen LogP contribution in [0, 0.1) is 26.6 Å². The minimum absolute atomic E-state index is 0.0405. The number of carbonyl (C=O) groups is 1. The molecule has 0 atom stereocenters. The fourth-order valence-electron chi connectivity index (χ4n) is 1.13. The molecule has 0 radical (unpaired) electrons. The number of nitrogens with zero attached hydrogens (tertiary/aromatic N) is 1. The molecule has 0 unspecified atom stereocenters. The third-order valence-corrected chi connectivity index (χ3v) is 3.44. The van der Waals surface area contributed by atoms with Crippen molar-refractivity contribution in [1.82, 2.24) is 4.90 Å². The molecule has 1 rings (SSSR count). The van der Waals surface area contributed by atoms with Crippen molar-refractivity contribution in [2.75, 3.05) is 7.05 Å². The number of likely N-dealkylation sites (N-methyl/N-ethyl adjacent to an activating group) is 1. The zero-order valence-corrected chi connectivity index (χ0v) is 15.4. The molecule has 1 aromatic carbocycles. The van der Waals surface area contributed by atoms with Gasteiger partial charge in [0.25, 0.3) is 0 Å². The molecule has 0 fully saturated rings. The average Bonchev–Trinajstić information content (AvgIpc) is 2.68. The van der Waals surface area contributed by atoms with E-state index >= 15 is 0 Å². The predicted molar refractivity (Wildman–Crippen MR) is 74.1 cm³/mol. The summed E-state index contributed by atoms with van der Waals surface area (Å²) in [6, 6.07) is 9.32. The maximum atomic E-state index is 11.9. The second-order valence-electron chi connectivity index (χ2n) is 3.07. The van der Waals surface area contributed by atoms with E-state index in [1.807, 2.05) is 49.4 Å². The van der Waals surface area contributed by atoms with Crippen LogP contribution < -0.4 is 0 Å².